The van der Waals surface area contributed by atoms with E-state index in [-0.39, 0.29) is 0 Å². The quantitative estimate of drug-likeness (QED) is 0.541. The molecule has 0 radical (unpaired) electrons. The van der Waals surface area contributed by atoms with E-state index in [0.29, 0.717) is 5.92 Å². The third-order valence-electron chi connectivity index (χ3n) is 1.88. The van der Waals surface area contributed by atoms with Gasteiger partial charge < -0.3 is 4.74 Å². The molecule has 1 rings (SSSR count). The molecule has 0 aliphatic heterocycles. The smallest absolute Gasteiger partial charge is 0.0986 e. The van der Waals surface area contributed by atoms with E-state index in [1.54, 1.807) is 7.11 Å². The fraction of sp³-hybridized carbons (Fsp3) is 0.556. The van der Waals surface area contributed by atoms with Crippen LogP contribution in [-0.2, 0) is 4.74 Å². The van der Waals surface area contributed by atoms with Gasteiger partial charge >= 0.3 is 0 Å². The van der Waals surface area contributed by atoms with Crippen molar-refractivity contribution in [1.82, 2.24) is 0 Å². The molecule has 0 aromatic carbocycles. The van der Waals surface area contributed by atoms with E-state index in [9.17, 15) is 0 Å². The first kappa shape index (κ1) is 7.39. The van der Waals surface area contributed by atoms with Crippen LogP contribution in [-0.4, -0.2) is 7.11 Å². The lowest BCUT2D eigenvalue weighted by Crippen LogP contribution is -2.05. The van der Waals surface area contributed by atoms with Crippen molar-refractivity contribution in [2.75, 3.05) is 7.11 Å². The largest absolute Gasteiger partial charge is 0.501 e. The maximum absolute atomic E-state index is 5.17. The molecule has 0 bridgehead atoms. The Bertz CT molecular complexity index is 177. The highest BCUT2D eigenvalue weighted by molar-refractivity contribution is 5.21. The van der Waals surface area contributed by atoms with Crippen LogP contribution in [0, 0.1) is 5.92 Å². The summed E-state index contributed by atoms with van der Waals surface area (Å²) < 4.78 is 5.17. The van der Waals surface area contributed by atoms with E-state index in [4.69, 9.17) is 4.74 Å². The molecule has 0 saturated heterocycles. The van der Waals surface area contributed by atoms with E-state index in [2.05, 4.69) is 26.0 Å². The van der Waals surface area contributed by atoms with Crippen molar-refractivity contribution in [3.05, 3.63) is 23.5 Å². The summed E-state index contributed by atoms with van der Waals surface area (Å²) in [5, 5.41) is 0. The van der Waals surface area contributed by atoms with Crippen molar-refractivity contribution in [3.8, 4) is 0 Å². The minimum absolute atomic E-state index is 0.565. The van der Waals surface area contributed by atoms with Crippen LogP contribution in [0.1, 0.15) is 20.3 Å². The molecule has 10 heavy (non-hydrogen) atoms. The highest BCUT2D eigenvalue weighted by atomic mass is 16.5. The predicted octanol–water partition coefficient (Wildman–Crippen LogP) is 2.50. The molecule has 1 heteroatoms. The van der Waals surface area contributed by atoms with Crippen LogP contribution in [0.4, 0.5) is 0 Å². The monoisotopic (exact) mass is 138 g/mol. The Morgan fingerprint density at radius 2 is 2.20 bits per heavy atom. The molecule has 0 aromatic rings. The van der Waals surface area contributed by atoms with E-state index < -0.39 is 0 Å². The Morgan fingerprint density at radius 1 is 1.50 bits per heavy atom. The lowest BCUT2D eigenvalue weighted by molar-refractivity contribution is 0.244. The number of ether oxygens (including phenoxy) is 1. The fourth-order valence-electron chi connectivity index (χ4n) is 1.31. The standard InChI is InChI=1S/C9H14O/c1-7-4-5-9(10-3)8(2)6-7/h4-5,8H,6H2,1-3H3. The molecule has 0 heterocycles. The Morgan fingerprint density at radius 3 is 2.70 bits per heavy atom. The molecule has 0 spiro atoms. The summed E-state index contributed by atoms with van der Waals surface area (Å²) in [6, 6.07) is 0. The van der Waals surface area contributed by atoms with Crippen molar-refractivity contribution in [3.63, 3.8) is 0 Å². The Kier molecular flexibility index (Phi) is 2.15. The first-order chi connectivity index (χ1) is 4.74. The average molecular weight is 138 g/mol. The molecule has 56 valence electrons. The SMILES string of the molecule is COC1=CC=C(C)CC1C. The van der Waals surface area contributed by atoms with Gasteiger partial charge in [-0.25, -0.2) is 0 Å². The number of allylic oxidation sites excluding steroid dienone is 4. The van der Waals surface area contributed by atoms with Crippen LogP contribution in [0.25, 0.3) is 0 Å². The molecule has 0 aromatic heterocycles. The van der Waals surface area contributed by atoms with Gasteiger partial charge in [-0.3, -0.25) is 0 Å². The molecule has 1 unspecified atom stereocenters. The van der Waals surface area contributed by atoms with Gasteiger partial charge in [-0.15, -0.1) is 0 Å². The van der Waals surface area contributed by atoms with Gasteiger partial charge in [-0.2, -0.15) is 0 Å². The first-order valence-corrected chi connectivity index (χ1v) is 3.65. The minimum Gasteiger partial charge on any atom is -0.501 e. The van der Waals surface area contributed by atoms with Gasteiger partial charge in [0.05, 0.1) is 12.9 Å². The molecular weight excluding hydrogens is 124 g/mol. The Labute approximate surface area is 62.4 Å². The highest BCUT2D eigenvalue weighted by Crippen LogP contribution is 2.24. The van der Waals surface area contributed by atoms with Crippen LogP contribution >= 0.6 is 0 Å². The normalized spacial score (nSPS) is 25.3. The molecule has 0 N–H and O–H groups in total. The number of hydrogen-bond donors (Lipinski definition) is 0. The second-order valence-corrected chi connectivity index (χ2v) is 2.89. The summed E-state index contributed by atoms with van der Waals surface area (Å²) in [6.45, 7) is 4.34. The van der Waals surface area contributed by atoms with Crippen molar-refractivity contribution in [1.29, 1.82) is 0 Å². The third-order valence-corrected chi connectivity index (χ3v) is 1.88. The number of hydrogen-bond acceptors (Lipinski definition) is 1. The molecule has 1 aliphatic carbocycles. The summed E-state index contributed by atoms with van der Waals surface area (Å²) in [5.41, 5.74) is 1.44. The lowest BCUT2D eigenvalue weighted by Gasteiger charge is -2.18. The molecule has 1 nitrogen and oxygen atoms in total. The lowest BCUT2D eigenvalue weighted by atomic mass is 9.95. The molecule has 1 atom stereocenters. The summed E-state index contributed by atoms with van der Waals surface area (Å²) in [4.78, 5) is 0. The van der Waals surface area contributed by atoms with Crippen molar-refractivity contribution in [2.45, 2.75) is 20.3 Å². The van der Waals surface area contributed by atoms with E-state index in [1.807, 2.05) is 0 Å². The van der Waals surface area contributed by atoms with Gasteiger partial charge in [0, 0.05) is 5.92 Å². The summed E-state index contributed by atoms with van der Waals surface area (Å²) in [5.74, 6) is 1.67. The third kappa shape index (κ3) is 1.41. The van der Waals surface area contributed by atoms with Crippen LogP contribution in [0.2, 0.25) is 0 Å². The molecule has 1 aliphatic rings. The van der Waals surface area contributed by atoms with Crippen molar-refractivity contribution >= 4 is 0 Å². The Balaban J connectivity index is 2.71. The first-order valence-electron chi connectivity index (χ1n) is 3.65. The van der Waals surface area contributed by atoms with Gasteiger partial charge in [0.25, 0.3) is 0 Å². The highest BCUT2D eigenvalue weighted by Gasteiger charge is 2.12. The minimum atomic E-state index is 0.565. The topological polar surface area (TPSA) is 9.23 Å². The number of methoxy groups -OCH3 is 1. The van der Waals surface area contributed by atoms with Crippen LogP contribution in [0.15, 0.2) is 23.5 Å². The van der Waals surface area contributed by atoms with Crippen molar-refractivity contribution in [2.24, 2.45) is 5.92 Å². The van der Waals surface area contributed by atoms with Gasteiger partial charge in [0.15, 0.2) is 0 Å². The van der Waals surface area contributed by atoms with Crippen LogP contribution < -0.4 is 0 Å². The Hall–Kier alpha value is -0.720. The fourth-order valence-corrected chi connectivity index (χ4v) is 1.31. The molecule has 0 fully saturated rings. The molecule has 0 saturated carbocycles. The second-order valence-electron chi connectivity index (χ2n) is 2.89. The summed E-state index contributed by atoms with van der Waals surface area (Å²) in [7, 11) is 1.73. The second kappa shape index (κ2) is 2.91. The zero-order chi connectivity index (χ0) is 7.56. The average Bonchev–Trinajstić information content (AvgIpc) is 1.88. The molecular formula is C9H14O. The number of rotatable bonds is 1. The molecule has 0 amide bonds. The van der Waals surface area contributed by atoms with E-state index in [1.165, 1.54) is 5.57 Å². The summed E-state index contributed by atoms with van der Waals surface area (Å²) >= 11 is 0. The summed E-state index contributed by atoms with van der Waals surface area (Å²) in [6.07, 6.45) is 5.32. The van der Waals surface area contributed by atoms with Gasteiger partial charge in [-0.05, 0) is 19.4 Å². The van der Waals surface area contributed by atoms with Crippen LogP contribution in [0.5, 0.6) is 0 Å². The predicted molar refractivity (Wildman–Crippen MR) is 42.6 cm³/mol. The van der Waals surface area contributed by atoms with Gasteiger partial charge in [0.1, 0.15) is 0 Å². The van der Waals surface area contributed by atoms with Crippen LogP contribution in [0.3, 0.4) is 0 Å². The maximum Gasteiger partial charge on any atom is 0.0986 e. The zero-order valence-electron chi connectivity index (χ0n) is 6.85. The van der Waals surface area contributed by atoms with E-state index >= 15 is 0 Å². The van der Waals surface area contributed by atoms with E-state index in [0.717, 1.165) is 12.2 Å². The maximum atomic E-state index is 5.17. The van der Waals surface area contributed by atoms with Crippen molar-refractivity contribution < 1.29 is 4.74 Å². The van der Waals surface area contributed by atoms with Gasteiger partial charge in [-0.1, -0.05) is 18.6 Å². The van der Waals surface area contributed by atoms with Gasteiger partial charge in [0.2, 0.25) is 0 Å². The zero-order valence-corrected chi connectivity index (χ0v) is 6.85.